The fraction of sp³-hybridized carbons (Fsp3) is 0.0526. The second kappa shape index (κ2) is 18.8. The first-order valence-corrected chi connectivity index (χ1v) is 27.7. The van der Waals surface area contributed by atoms with Crippen molar-refractivity contribution in [1.82, 2.24) is 19.9 Å². The molecule has 0 saturated heterocycles. The largest absolute Gasteiger partial charge is 0.354 e. The number of aromatic nitrogens is 4. The number of fused-ring (bicyclic) bond motifs is 12. The maximum Gasteiger partial charge on any atom is 0.0544 e. The van der Waals surface area contributed by atoms with Gasteiger partial charge in [0.25, 0.3) is 0 Å². The lowest BCUT2D eigenvalue weighted by atomic mass is 9.91. The van der Waals surface area contributed by atoms with Crippen molar-refractivity contribution in [3.05, 3.63) is 265 Å². The summed E-state index contributed by atoms with van der Waals surface area (Å²) in [6, 6.07) is 88.0. The summed E-state index contributed by atoms with van der Waals surface area (Å²) in [6.07, 6.45) is 0. The van der Waals surface area contributed by atoms with Crippen LogP contribution in [-0.4, -0.2) is 19.9 Å². The molecule has 80 heavy (non-hydrogen) atoms. The van der Waals surface area contributed by atoms with Gasteiger partial charge in [0.1, 0.15) is 0 Å². The molecule has 0 spiro atoms. The summed E-state index contributed by atoms with van der Waals surface area (Å²) in [7, 11) is 0. The average Bonchev–Trinajstić information content (AvgIpc) is 4.34. The molecule has 0 aliphatic carbocycles. The lowest BCUT2D eigenvalue weighted by Crippen LogP contribution is -1.90. The molecule has 380 valence electrons. The van der Waals surface area contributed by atoms with E-state index in [9.17, 15) is 0 Å². The van der Waals surface area contributed by atoms with Crippen molar-refractivity contribution in [3.8, 4) is 66.8 Å². The van der Waals surface area contributed by atoms with Gasteiger partial charge in [0.2, 0.25) is 0 Å². The van der Waals surface area contributed by atoms with Crippen LogP contribution in [0.5, 0.6) is 0 Å². The van der Waals surface area contributed by atoms with Gasteiger partial charge < -0.3 is 19.9 Å². The van der Waals surface area contributed by atoms with Crippen molar-refractivity contribution in [2.24, 2.45) is 0 Å². The first-order chi connectivity index (χ1) is 39.3. The van der Waals surface area contributed by atoms with Crippen LogP contribution >= 0.6 is 0 Å². The van der Waals surface area contributed by atoms with Crippen LogP contribution in [-0.2, 0) is 0 Å². The van der Waals surface area contributed by atoms with Gasteiger partial charge in [-0.3, -0.25) is 0 Å². The molecule has 16 rings (SSSR count). The van der Waals surface area contributed by atoms with Crippen LogP contribution < -0.4 is 0 Å². The molecule has 0 radical (unpaired) electrons. The zero-order chi connectivity index (χ0) is 53.6. The number of nitrogens with one attached hydrogen (secondary N) is 4. The van der Waals surface area contributed by atoms with Gasteiger partial charge in [0, 0.05) is 87.4 Å². The van der Waals surface area contributed by atoms with E-state index in [1.165, 1.54) is 176 Å². The molecule has 0 bridgehead atoms. The molecule has 0 unspecified atom stereocenters. The van der Waals surface area contributed by atoms with Gasteiger partial charge in [-0.2, -0.15) is 0 Å². The Morgan fingerprint density at radius 2 is 0.400 bits per heavy atom. The van der Waals surface area contributed by atoms with E-state index in [4.69, 9.17) is 0 Å². The average molecular weight is 1030 g/mol. The van der Waals surface area contributed by atoms with Gasteiger partial charge in [0.15, 0.2) is 0 Å². The van der Waals surface area contributed by atoms with Crippen LogP contribution in [0.3, 0.4) is 0 Å². The van der Waals surface area contributed by atoms with Crippen molar-refractivity contribution in [2.45, 2.75) is 27.7 Å². The van der Waals surface area contributed by atoms with E-state index in [2.05, 4.69) is 290 Å². The molecule has 0 amide bonds. The van der Waals surface area contributed by atoms with Gasteiger partial charge in [-0.15, -0.1) is 0 Å². The number of benzene rings is 12. The highest BCUT2D eigenvalue weighted by Crippen LogP contribution is 2.41. The highest BCUT2D eigenvalue weighted by atomic mass is 14.7. The molecule has 0 aliphatic rings. The zero-order valence-corrected chi connectivity index (χ0v) is 45.1. The standard InChI is InChI=1S/2C38H28N2/c2*1-23-21-25(29-11-7-13-33-31-9-3-5-15-35(31)39-37(29)33)17-19-27(23)28-20-18-26(22-24(28)2)30-12-8-14-34-32-10-4-6-16-36(32)40-38(30)34/h2*3-22,39-40H,1-2H3. The van der Waals surface area contributed by atoms with E-state index >= 15 is 0 Å². The van der Waals surface area contributed by atoms with E-state index < -0.39 is 0 Å². The van der Waals surface area contributed by atoms with Gasteiger partial charge in [-0.05, 0) is 119 Å². The zero-order valence-electron chi connectivity index (χ0n) is 45.1. The fourth-order valence-corrected chi connectivity index (χ4v) is 13.0. The van der Waals surface area contributed by atoms with Crippen LogP contribution in [0.25, 0.3) is 154 Å². The second-order valence-corrected chi connectivity index (χ2v) is 21.7. The van der Waals surface area contributed by atoms with E-state index in [0.717, 1.165) is 0 Å². The highest BCUT2D eigenvalue weighted by molar-refractivity contribution is 6.15. The molecule has 4 aromatic heterocycles. The Morgan fingerprint density at radius 1 is 0.188 bits per heavy atom. The number of para-hydroxylation sites is 8. The third-order valence-electron chi connectivity index (χ3n) is 16.9. The summed E-state index contributed by atoms with van der Waals surface area (Å²) in [4.78, 5) is 14.6. The SMILES string of the molecule is Cc1cc(-c2cccc3c2[nH]c2ccccc23)ccc1-c1ccc(-c2cccc3c2[nH]c2ccccc23)cc1C.Cc1cc(-c2cccc3c2[nH]c2ccccc23)ccc1-c1ccc(-c2cccc3c2[nH]c2ccccc23)cc1C. The molecule has 0 saturated carbocycles. The molecule has 16 aromatic rings. The molecular formula is C76H56N4. The number of hydrogen-bond acceptors (Lipinski definition) is 0. The Labute approximate surface area is 464 Å². The number of H-pyrrole nitrogens is 4. The van der Waals surface area contributed by atoms with E-state index in [0.29, 0.717) is 0 Å². The maximum absolute atomic E-state index is 3.66. The summed E-state index contributed by atoms with van der Waals surface area (Å²) in [5.41, 5.74) is 29.6. The first kappa shape index (κ1) is 47.1. The lowest BCUT2D eigenvalue weighted by Gasteiger charge is -2.14. The summed E-state index contributed by atoms with van der Waals surface area (Å²) in [5, 5.41) is 10.2. The minimum Gasteiger partial charge on any atom is -0.354 e. The minimum atomic E-state index is 1.18. The Balaban J connectivity index is 0.000000138. The number of aryl methyl sites for hydroxylation is 4. The Kier molecular flexibility index (Phi) is 11.1. The third-order valence-corrected chi connectivity index (χ3v) is 16.9. The second-order valence-electron chi connectivity index (χ2n) is 21.7. The molecule has 4 nitrogen and oxygen atoms in total. The van der Waals surface area contributed by atoms with Crippen molar-refractivity contribution < 1.29 is 0 Å². The van der Waals surface area contributed by atoms with Gasteiger partial charge in [-0.1, -0.05) is 218 Å². The first-order valence-electron chi connectivity index (χ1n) is 27.7. The molecule has 0 fully saturated rings. The third kappa shape index (κ3) is 7.74. The summed E-state index contributed by atoms with van der Waals surface area (Å²) < 4.78 is 0. The number of rotatable bonds is 6. The molecular weight excluding hydrogens is 969 g/mol. The van der Waals surface area contributed by atoms with Crippen LogP contribution in [0.4, 0.5) is 0 Å². The van der Waals surface area contributed by atoms with Crippen molar-refractivity contribution >= 4 is 87.2 Å². The summed E-state index contributed by atoms with van der Waals surface area (Å²) >= 11 is 0. The van der Waals surface area contributed by atoms with Crippen molar-refractivity contribution in [3.63, 3.8) is 0 Å². The molecule has 0 aliphatic heterocycles. The van der Waals surface area contributed by atoms with Crippen LogP contribution in [0.15, 0.2) is 243 Å². The highest BCUT2D eigenvalue weighted by Gasteiger charge is 2.17. The number of hydrogen-bond donors (Lipinski definition) is 4. The normalized spacial score (nSPS) is 11.8. The molecule has 12 aromatic carbocycles. The molecule has 4 N–H and O–H groups in total. The molecule has 4 heterocycles. The molecule has 4 heteroatoms. The number of aromatic amines is 4. The maximum atomic E-state index is 3.66. The summed E-state index contributed by atoms with van der Waals surface area (Å²) in [5.74, 6) is 0. The Morgan fingerprint density at radius 3 is 0.625 bits per heavy atom. The fourth-order valence-electron chi connectivity index (χ4n) is 13.0. The van der Waals surface area contributed by atoms with Crippen LogP contribution in [0.2, 0.25) is 0 Å². The van der Waals surface area contributed by atoms with Crippen molar-refractivity contribution in [2.75, 3.05) is 0 Å². The van der Waals surface area contributed by atoms with Crippen molar-refractivity contribution in [1.29, 1.82) is 0 Å². The quantitative estimate of drug-likeness (QED) is 0.128. The predicted molar refractivity (Wildman–Crippen MR) is 342 cm³/mol. The topological polar surface area (TPSA) is 63.2 Å². The summed E-state index contributed by atoms with van der Waals surface area (Å²) in [6.45, 7) is 8.90. The van der Waals surface area contributed by atoms with E-state index in [1.807, 2.05) is 0 Å². The monoisotopic (exact) mass is 1020 g/mol. The van der Waals surface area contributed by atoms with Gasteiger partial charge >= 0.3 is 0 Å². The lowest BCUT2D eigenvalue weighted by molar-refractivity contribution is 1.40. The Bertz CT molecular complexity index is 4490. The smallest absolute Gasteiger partial charge is 0.0544 e. The predicted octanol–water partition coefficient (Wildman–Crippen LogP) is 21.1. The van der Waals surface area contributed by atoms with Gasteiger partial charge in [0.05, 0.1) is 22.1 Å². The molecule has 0 atom stereocenters. The van der Waals surface area contributed by atoms with Crippen LogP contribution in [0.1, 0.15) is 22.3 Å². The van der Waals surface area contributed by atoms with Crippen LogP contribution in [0, 0.1) is 27.7 Å². The van der Waals surface area contributed by atoms with Gasteiger partial charge in [-0.25, -0.2) is 0 Å². The minimum absolute atomic E-state index is 1.18. The van der Waals surface area contributed by atoms with E-state index in [-0.39, 0.29) is 0 Å². The van der Waals surface area contributed by atoms with E-state index in [1.54, 1.807) is 0 Å². The Hall–Kier alpha value is -10.2.